The molecule has 1 amide bonds. The largest absolute Gasteiger partial charge is 0.401 e. The van der Waals surface area contributed by atoms with Crippen molar-refractivity contribution in [3.8, 4) is 0 Å². The van der Waals surface area contributed by atoms with Gasteiger partial charge in [-0.05, 0) is 13.5 Å². The lowest BCUT2D eigenvalue weighted by molar-refractivity contribution is -0.152. The highest BCUT2D eigenvalue weighted by molar-refractivity contribution is 5.80. The number of carbonyl (C=O) groups is 1. The number of nitrogens with one attached hydrogen (secondary N) is 1. The third kappa shape index (κ3) is 4.43. The van der Waals surface area contributed by atoms with Crippen LogP contribution in [-0.2, 0) is 4.79 Å². The van der Waals surface area contributed by atoms with Crippen LogP contribution in [0.5, 0.6) is 0 Å². The first kappa shape index (κ1) is 13.2. The van der Waals surface area contributed by atoms with E-state index in [1.54, 1.807) is 6.92 Å². The summed E-state index contributed by atoms with van der Waals surface area (Å²) in [6.45, 7) is 0.492. The van der Waals surface area contributed by atoms with E-state index in [0.717, 1.165) is 4.90 Å². The van der Waals surface area contributed by atoms with E-state index in [1.165, 1.54) is 7.05 Å². The lowest BCUT2D eigenvalue weighted by Gasteiger charge is -2.26. The average Bonchev–Trinajstić information content (AvgIpc) is 2.01. The molecule has 0 aliphatic carbocycles. The fraction of sp³-hybridized carbons (Fsp3) is 0.857. The normalized spacial score (nSPS) is 14.2. The molecule has 0 aliphatic rings. The molecular formula is C7H14F3N3O. The molecular weight excluding hydrogens is 199 g/mol. The van der Waals surface area contributed by atoms with Crippen molar-refractivity contribution in [3.05, 3.63) is 0 Å². The van der Waals surface area contributed by atoms with Crippen LogP contribution in [0.4, 0.5) is 13.2 Å². The number of amides is 1. The number of hydrogen-bond acceptors (Lipinski definition) is 3. The van der Waals surface area contributed by atoms with Crippen LogP contribution >= 0.6 is 0 Å². The summed E-state index contributed by atoms with van der Waals surface area (Å²) >= 11 is 0. The molecule has 3 N–H and O–H groups in total. The van der Waals surface area contributed by atoms with Crippen LogP contribution in [-0.4, -0.2) is 36.6 Å². The minimum atomic E-state index is -4.31. The maximum Gasteiger partial charge on any atom is 0.401 e. The van der Waals surface area contributed by atoms with Gasteiger partial charge in [0.2, 0.25) is 0 Å². The second-order valence-electron chi connectivity index (χ2n) is 2.96. The Labute approximate surface area is 80.2 Å². The molecule has 14 heavy (non-hydrogen) atoms. The summed E-state index contributed by atoms with van der Waals surface area (Å²) in [5.41, 5.74) is 1.83. The molecule has 0 radical (unpaired) electrons. The maximum absolute atomic E-state index is 12.0. The zero-order valence-corrected chi connectivity index (χ0v) is 8.06. The molecule has 0 heterocycles. The summed E-state index contributed by atoms with van der Waals surface area (Å²) in [6.07, 6.45) is -4.04. The van der Waals surface area contributed by atoms with E-state index in [0.29, 0.717) is 0 Å². The minimum Gasteiger partial charge on any atom is -0.293 e. The Bertz CT molecular complexity index is 195. The van der Waals surface area contributed by atoms with Gasteiger partial charge < -0.3 is 0 Å². The van der Waals surface area contributed by atoms with Gasteiger partial charge in [-0.1, -0.05) is 6.92 Å². The Balaban J connectivity index is 4.32. The van der Waals surface area contributed by atoms with E-state index in [9.17, 15) is 18.0 Å². The van der Waals surface area contributed by atoms with E-state index in [1.807, 2.05) is 5.43 Å². The van der Waals surface area contributed by atoms with Crippen molar-refractivity contribution in [2.45, 2.75) is 25.6 Å². The molecule has 1 atom stereocenters. The monoisotopic (exact) mass is 213 g/mol. The van der Waals surface area contributed by atoms with Gasteiger partial charge in [0.15, 0.2) is 0 Å². The molecule has 0 aromatic rings. The molecule has 0 fully saturated rings. The van der Waals surface area contributed by atoms with Crippen LogP contribution in [0.2, 0.25) is 0 Å². The number of nitrogens with two attached hydrogens (primary N) is 1. The first-order valence-corrected chi connectivity index (χ1v) is 4.09. The second kappa shape index (κ2) is 5.16. The van der Waals surface area contributed by atoms with Crippen LogP contribution < -0.4 is 11.3 Å². The molecule has 84 valence electrons. The first-order valence-electron chi connectivity index (χ1n) is 4.09. The van der Waals surface area contributed by atoms with Crippen LogP contribution in [0, 0.1) is 0 Å². The van der Waals surface area contributed by atoms with Crippen molar-refractivity contribution in [1.29, 1.82) is 0 Å². The Morgan fingerprint density at radius 2 is 2.07 bits per heavy atom. The quantitative estimate of drug-likeness (QED) is 0.400. The zero-order valence-electron chi connectivity index (χ0n) is 8.06. The fourth-order valence-electron chi connectivity index (χ4n) is 1.19. The van der Waals surface area contributed by atoms with E-state index in [2.05, 4.69) is 0 Å². The van der Waals surface area contributed by atoms with E-state index >= 15 is 0 Å². The van der Waals surface area contributed by atoms with Crippen molar-refractivity contribution < 1.29 is 18.0 Å². The Morgan fingerprint density at radius 3 is 2.36 bits per heavy atom. The molecule has 0 aliphatic heterocycles. The molecule has 4 nitrogen and oxygen atoms in total. The van der Waals surface area contributed by atoms with Crippen LogP contribution in [0.25, 0.3) is 0 Å². The first-order chi connectivity index (χ1) is 6.31. The minimum absolute atomic E-state index is 0.273. The summed E-state index contributed by atoms with van der Waals surface area (Å²) in [6, 6.07) is -0.846. The number of likely N-dealkylation sites (N-methyl/N-ethyl adjacent to an activating group) is 1. The van der Waals surface area contributed by atoms with Gasteiger partial charge in [0, 0.05) is 0 Å². The van der Waals surface area contributed by atoms with Crippen LogP contribution in [0.1, 0.15) is 13.3 Å². The van der Waals surface area contributed by atoms with Gasteiger partial charge in [-0.25, -0.2) is 5.84 Å². The fourth-order valence-corrected chi connectivity index (χ4v) is 1.19. The maximum atomic E-state index is 12.0. The Kier molecular flexibility index (Phi) is 4.86. The number of nitrogens with zero attached hydrogens (tertiary/aromatic N) is 1. The van der Waals surface area contributed by atoms with Crippen molar-refractivity contribution >= 4 is 5.91 Å². The summed E-state index contributed by atoms with van der Waals surface area (Å²) in [7, 11) is 1.23. The van der Waals surface area contributed by atoms with Gasteiger partial charge in [-0.2, -0.15) is 13.2 Å². The molecule has 0 saturated carbocycles. The van der Waals surface area contributed by atoms with E-state index < -0.39 is 24.7 Å². The molecule has 1 unspecified atom stereocenters. The predicted octanol–water partition coefficient (Wildman–Crippen LogP) is 0.249. The highest BCUT2D eigenvalue weighted by Crippen LogP contribution is 2.17. The van der Waals surface area contributed by atoms with Gasteiger partial charge >= 0.3 is 6.18 Å². The smallest absolute Gasteiger partial charge is 0.293 e. The third-order valence-corrected chi connectivity index (χ3v) is 1.79. The Hall–Kier alpha value is -0.820. The van der Waals surface area contributed by atoms with Crippen molar-refractivity contribution in [1.82, 2.24) is 10.3 Å². The van der Waals surface area contributed by atoms with Crippen molar-refractivity contribution in [3.63, 3.8) is 0 Å². The van der Waals surface area contributed by atoms with Gasteiger partial charge in [-0.3, -0.25) is 15.1 Å². The Morgan fingerprint density at radius 1 is 1.57 bits per heavy atom. The van der Waals surface area contributed by atoms with Gasteiger partial charge in [-0.15, -0.1) is 0 Å². The number of halogens is 3. The highest BCUT2D eigenvalue weighted by atomic mass is 19.4. The second-order valence-corrected chi connectivity index (χ2v) is 2.96. The van der Waals surface area contributed by atoms with E-state index in [4.69, 9.17) is 5.84 Å². The summed E-state index contributed by atoms with van der Waals surface area (Å²) in [4.78, 5) is 11.9. The third-order valence-electron chi connectivity index (χ3n) is 1.79. The van der Waals surface area contributed by atoms with Gasteiger partial charge in [0.1, 0.15) is 0 Å². The van der Waals surface area contributed by atoms with Crippen LogP contribution in [0.3, 0.4) is 0 Å². The molecule has 0 aromatic carbocycles. The standard InChI is InChI=1S/C7H14F3N3O/c1-3-5(6(14)12-11)13(2)4-7(8,9)10/h5H,3-4,11H2,1-2H3,(H,12,14). The average molecular weight is 213 g/mol. The van der Waals surface area contributed by atoms with Gasteiger partial charge in [0.25, 0.3) is 5.91 Å². The summed E-state index contributed by atoms with van der Waals surface area (Å²) < 4.78 is 35.9. The SMILES string of the molecule is CCC(C(=O)NN)N(C)CC(F)(F)F. The van der Waals surface area contributed by atoms with Crippen molar-refractivity contribution in [2.24, 2.45) is 5.84 Å². The number of hydrogen-bond donors (Lipinski definition) is 2. The lowest BCUT2D eigenvalue weighted by Crippen LogP contribution is -2.49. The van der Waals surface area contributed by atoms with Gasteiger partial charge in [0.05, 0.1) is 12.6 Å². The molecule has 0 saturated heterocycles. The molecule has 7 heteroatoms. The molecule has 0 rings (SSSR count). The lowest BCUT2D eigenvalue weighted by atomic mass is 10.2. The number of hydrazine groups is 1. The summed E-state index contributed by atoms with van der Waals surface area (Å²) in [5, 5.41) is 0. The molecule has 0 aromatic heterocycles. The molecule has 0 spiro atoms. The highest BCUT2D eigenvalue weighted by Gasteiger charge is 2.33. The summed E-state index contributed by atoms with van der Waals surface area (Å²) in [5.74, 6) is 4.23. The van der Waals surface area contributed by atoms with E-state index in [-0.39, 0.29) is 6.42 Å². The number of alkyl halides is 3. The number of rotatable bonds is 4. The van der Waals surface area contributed by atoms with Crippen molar-refractivity contribution in [2.75, 3.05) is 13.6 Å². The zero-order chi connectivity index (χ0) is 11.4. The topological polar surface area (TPSA) is 58.4 Å². The molecule has 0 bridgehead atoms. The number of carbonyl (C=O) groups excluding carboxylic acids is 1. The predicted molar refractivity (Wildman–Crippen MR) is 45.1 cm³/mol. The van der Waals surface area contributed by atoms with Crippen LogP contribution in [0.15, 0.2) is 0 Å².